The average Bonchev–Trinajstić information content (AvgIpc) is 2.36. The van der Waals surface area contributed by atoms with Crippen LogP contribution in [0.5, 0.6) is 0 Å². The Kier molecular flexibility index (Phi) is 5.34. The number of hydrogen-bond acceptors (Lipinski definition) is 2. The van der Waals surface area contributed by atoms with Gasteiger partial charge in [-0.2, -0.15) is 0 Å². The molecular formula is C11H17ClNO4P. The van der Waals surface area contributed by atoms with Gasteiger partial charge in [-0.15, -0.1) is 11.6 Å². The smallest absolute Gasteiger partial charge is 0.314 e. The fraction of sp³-hybridized carbons (Fsp3) is 0.455. The SMILES string of the molecule is CC1(Cl)CNCCc2ccccc21.O=P(O)(O)O. The minimum atomic E-state index is -4.64. The number of phosphoric acid groups is 1. The standard InChI is InChI=1S/C11H14ClN.H3O4P/c1-11(12)8-13-7-6-9-4-2-3-5-10(9)11;1-5(2,3)4/h2-5,13H,6-8H2,1H3;(H3,1,2,3,4). The van der Waals surface area contributed by atoms with Crippen molar-refractivity contribution in [2.45, 2.75) is 18.2 Å². The summed E-state index contributed by atoms with van der Waals surface area (Å²) in [6.07, 6.45) is 1.08. The summed E-state index contributed by atoms with van der Waals surface area (Å²) in [6.45, 7) is 3.95. The molecule has 0 bridgehead atoms. The van der Waals surface area contributed by atoms with Gasteiger partial charge in [0.15, 0.2) is 0 Å². The highest BCUT2D eigenvalue weighted by molar-refractivity contribution is 7.45. The highest BCUT2D eigenvalue weighted by Gasteiger charge is 2.27. The van der Waals surface area contributed by atoms with E-state index in [1.807, 2.05) is 0 Å². The Morgan fingerprint density at radius 3 is 2.50 bits per heavy atom. The summed E-state index contributed by atoms with van der Waals surface area (Å²) in [5, 5.41) is 3.35. The van der Waals surface area contributed by atoms with Gasteiger partial charge in [0.25, 0.3) is 0 Å². The maximum absolute atomic E-state index is 8.88. The molecule has 5 nitrogen and oxygen atoms in total. The van der Waals surface area contributed by atoms with Crippen LogP contribution in [0.4, 0.5) is 0 Å². The van der Waals surface area contributed by atoms with Gasteiger partial charge in [0.2, 0.25) is 0 Å². The van der Waals surface area contributed by atoms with Crippen LogP contribution in [-0.4, -0.2) is 27.8 Å². The van der Waals surface area contributed by atoms with Gasteiger partial charge in [0.1, 0.15) is 0 Å². The topological polar surface area (TPSA) is 89.8 Å². The Balaban J connectivity index is 0.000000280. The first kappa shape index (κ1) is 15.6. The molecule has 1 heterocycles. The lowest BCUT2D eigenvalue weighted by Gasteiger charge is -2.22. The number of benzene rings is 1. The van der Waals surface area contributed by atoms with Crippen LogP contribution in [-0.2, 0) is 15.9 Å². The Morgan fingerprint density at radius 1 is 1.33 bits per heavy atom. The normalized spacial score (nSPS) is 23.4. The van der Waals surface area contributed by atoms with Gasteiger partial charge < -0.3 is 20.0 Å². The molecule has 0 radical (unpaired) electrons. The first-order valence-corrected chi connectivity index (χ1v) is 7.41. The molecule has 1 atom stereocenters. The molecule has 1 aliphatic rings. The third-order valence-electron chi connectivity index (χ3n) is 2.61. The largest absolute Gasteiger partial charge is 0.466 e. The van der Waals surface area contributed by atoms with Gasteiger partial charge in [-0.1, -0.05) is 24.3 Å². The lowest BCUT2D eigenvalue weighted by Crippen LogP contribution is -2.29. The van der Waals surface area contributed by atoms with Crippen molar-refractivity contribution in [3.8, 4) is 0 Å². The van der Waals surface area contributed by atoms with E-state index in [1.54, 1.807) is 0 Å². The number of fused-ring (bicyclic) bond motifs is 1. The van der Waals surface area contributed by atoms with Crippen LogP contribution in [0.25, 0.3) is 0 Å². The molecule has 2 rings (SSSR count). The summed E-state index contributed by atoms with van der Waals surface area (Å²) in [7, 11) is -4.64. The summed E-state index contributed by atoms with van der Waals surface area (Å²) < 4.78 is 8.88. The molecule has 0 aliphatic carbocycles. The van der Waals surface area contributed by atoms with Crippen molar-refractivity contribution < 1.29 is 19.2 Å². The molecule has 0 saturated heterocycles. The molecule has 18 heavy (non-hydrogen) atoms. The van der Waals surface area contributed by atoms with Crippen molar-refractivity contribution in [1.29, 1.82) is 0 Å². The zero-order valence-electron chi connectivity index (χ0n) is 10.0. The molecule has 102 valence electrons. The third kappa shape index (κ3) is 5.48. The molecule has 1 aromatic carbocycles. The zero-order chi connectivity index (χ0) is 13.8. The van der Waals surface area contributed by atoms with Gasteiger partial charge >= 0.3 is 7.82 Å². The van der Waals surface area contributed by atoms with Crippen LogP contribution < -0.4 is 5.32 Å². The fourth-order valence-electron chi connectivity index (χ4n) is 1.89. The fourth-order valence-corrected chi connectivity index (χ4v) is 2.17. The number of hydrogen-bond donors (Lipinski definition) is 4. The van der Waals surface area contributed by atoms with E-state index >= 15 is 0 Å². The molecule has 1 unspecified atom stereocenters. The van der Waals surface area contributed by atoms with E-state index in [1.165, 1.54) is 11.1 Å². The molecule has 0 spiro atoms. The summed E-state index contributed by atoms with van der Waals surface area (Å²) in [4.78, 5) is 21.3. The first-order chi connectivity index (χ1) is 8.20. The Morgan fingerprint density at radius 2 is 1.89 bits per heavy atom. The van der Waals surface area contributed by atoms with Crippen molar-refractivity contribution in [3.05, 3.63) is 35.4 Å². The monoisotopic (exact) mass is 293 g/mol. The minimum absolute atomic E-state index is 0.243. The van der Waals surface area contributed by atoms with Gasteiger partial charge in [0, 0.05) is 6.54 Å². The summed E-state index contributed by atoms with van der Waals surface area (Å²) in [5.41, 5.74) is 2.66. The zero-order valence-corrected chi connectivity index (χ0v) is 11.7. The van der Waals surface area contributed by atoms with E-state index in [9.17, 15) is 0 Å². The number of nitrogens with one attached hydrogen (secondary N) is 1. The van der Waals surface area contributed by atoms with E-state index in [-0.39, 0.29) is 4.87 Å². The van der Waals surface area contributed by atoms with E-state index in [0.717, 1.165) is 19.5 Å². The van der Waals surface area contributed by atoms with Crippen molar-refractivity contribution in [1.82, 2.24) is 5.32 Å². The van der Waals surface area contributed by atoms with Crippen LogP contribution in [0, 0.1) is 0 Å². The quantitative estimate of drug-likeness (QED) is 0.428. The Labute approximate surface area is 111 Å². The van der Waals surface area contributed by atoms with Crippen LogP contribution >= 0.6 is 19.4 Å². The van der Waals surface area contributed by atoms with Crippen LogP contribution in [0.1, 0.15) is 18.1 Å². The summed E-state index contributed by atoms with van der Waals surface area (Å²) in [5.74, 6) is 0. The highest BCUT2D eigenvalue weighted by Crippen LogP contribution is 2.32. The second-order valence-electron chi connectivity index (χ2n) is 4.29. The molecule has 7 heteroatoms. The highest BCUT2D eigenvalue weighted by atomic mass is 35.5. The van der Waals surface area contributed by atoms with Crippen molar-refractivity contribution >= 4 is 19.4 Å². The molecule has 4 N–H and O–H groups in total. The predicted molar refractivity (Wildman–Crippen MR) is 70.5 cm³/mol. The average molecular weight is 294 g/mol. The van der Waals surface area contributed by atoms with E-state index < -0.39 is 7.82 Å². The molecular weight excluding hydrogens is 277 g/mol. The predicted octanol–water partition coefficient (Wildman–Crippen LogP) is 1.36. The first-order valence-electron chi connectivity index (χ1n) is 5.46. The maximum atomic E-state index is 8.88. The van der Waals surface area contributed by atoms with Crippen molar-refractivity contribution in [3.63, 3.8) is 0 Å². The van der Waals surface area contributed by atoms with E-state index in [0.29, 0.717) is 0 Å². The molecule has 1 aromatic rings. The van der Waals surface area contributed by atoms with E-state index in [2.05, 4.69) is 36.5 Å². The summed E-state index contributed by atoms with van der Waals surface area (Å²) in [6, 6.07) is 8.44. The molecule has 0 fully saturated rings. The van der Waals surface area contributed by atoms with Gasteiger partial charge in [-0.3, -0.25) is 0 Å². The minimum Gasteiger partial charge on any atom is -0.314 e. The molecule has 0 saturated carbocycles. The second-order valence-corrected chi connectivity index (χ2v) is 6.16. The van der Waals surface area contributed by atoms with Gasteiger partial charge in [0.05, 0.1) is 4.87 Å². The summed E-state index contributed by atoms with van der Waals surface area (Å²) >= 11 is 6.44. The number of halogens is 1. The van der Waals surface area contributed by atoms with Crippen LogP contribution in [0.2, 0.25) is 0 Å². The Bertz CT molecular complexity index is 438. The Hall–Kier alpha value is -0.420. The van der Waals surface area contributed by atoms with Crippen LogP contribution in [0.3, 0.4) is 0 Å². The lowest BCUT2D eigenvalue weighted by atomic mass is 9.95. The number of alkyl halides is 1. The van der Waals surface area contributed by atoms with Gasteiger partial charge in [-0.05, 0) is 31.0 Å². The maximum Gasteiger partial charge on any atom is 0.466 e. The molecule has 1 aliphatic heterocycles. The molecule has 0 amide bonds. The van der Waals surface area contributed by atoms with Crippen molar-refractivity contribution in [2.24, 2.45) is 0 Å². The second kappa shape index (κ2) is 6.15. The van der Waals surface area contributed by atoms with Gasteiger partial charge in [-0.25, -0.2) is 4.57 Å². The van der Waals surface area contributed by atoms with Crippen LogP contribution in [0.15, 0.2) is 24.3 Å². The lowest BCUT2D eigenvalue weighted by molar-refractivity contribution is 0.275. The number of rotatable bonds is 0. The third-order valence-corrected chi connectivity index (χ3v) is 2.94. The molecule has 0 aromatic heterocycles. The van der Waals surface area contributed by atoms with E-state index in [4.69, 9.17) is 30.8 Å². The van der Waals surface area contributed by atoms with Crippen molar-refractivity contribution in [2.75, 3.05) is 13.1 Å².